The summed E-state index contributed by atoms with van der Waals surface area (Å²) in [5, 5.41) is 17.1. The molecule has 1 aromatic heterocycles. The van der Waals surface area contributed by atoms with Crippen LogP contribution in [-0.2, 0) is 11.3 Å². The number of nitrogens with one attached hydrogen (secondary N) is 1. The summed E-state index contributed by atoms with van der Waals surface area (Å²) in [6.45, 7) is 6.03. The Hall–Kier alpha value is -1.67. The van der Waals surface area contributed by atoms with Crippen LogP contribution in [0.2, 0.25) is 0 Å². The van der Waals surface area contributed by atoms with Crippen LogP contribution >= 0.6 is 12.4 Å². The van der Waals surface area contributed by atoms with Crippen molar-refractivity contribution < 1.29 is 9.72 Å². The Bertz CT molecular complexity index is 476. The number of rotatable bonds is 6. The Morgan fingerprint density at radius 1 is 1.65 bits per heavy atom. The third-order valence-electron chi connectivity index (χ3n) is 3.26. The third kappa shape index (κ3) is 4.46. The number of carbonyl (C=O) groups excluding carboxylic acids is 1. The Balaban J connectivity index is 0.00000361. The number of nitrogens with two attached hydrogens (primary N) is 1. The van der Waals surface area contributed by atoms with Gasteiger partial charge < -0.3 is 11.1 Å². The van der Waals surface area contributed by atoms with Gasteiger partial charge in [-0.05, 0) is 12.8 Å². The molecular formula is C11H20ClN5O3. The molecule has 1 aromatic rings. The summed E-state index contributed by atoms with van der Waals surface area (Å²) in [6, 6.07) is 0. The molecule has 0 aliphatic carbocycles. The minimum absolute atomic E-state index is 0. The summed E-state index contributed by atoms with van der Waals surface area (Å²) < 4.78 is 1.23. The number of hydrogen-bond acceptors (Lipinski definition) is 5. The van der Waals surface area contributed by atoms with Crippen molar-refractivity contribution in [1.82, 2.24) is 15.1 Å². The predicted molar refractivity (Wildman–Crippen MR) is 76.6 cm³/mol. The van der Waals surface area contributed by atoms with Crippen LogP contribution in [0, 0.1) is 16.0 Å². The van der Waals surface area contributed by atoms with Crippen molar-refractivity contribution in [3.63, 3.8) is 0 Å². The fourth-order valence-corrected chi connectivity index (χ4v) is 1.47. The van der Waals surface area contributed by atoms with Crippen molar-refractivity contribution in [1.29, 1.82) is 0 Å². The second kappa shape index (κ2) is 7.20. The maximum atomic E-state index is 11.9. The first-order chi connectivity index (χ1) is 8.78. The molecule has 0 aliphatic rings. The lowest BCUT2D eigenvalue weighted by Crippen LogP contribution is -2.55. The molecule has 0 fully saturated rings. The van der Waals surface area contributed by atoms with Crippen LogP contribution in [0.5, 0.6) is 0 Å². The number of carbonyl (C=O) groups is 1. The van der Waals surface area contributed by atoms with Gasteiger partial charge in [0.05, 0.1) is 10.5 Å². The van der Waals surface area contributed by atoms with Crippen LogP contribution in [0.25, 0.3) is 0 Å². The van der Waals surface area contributed by atoms with Crippen LogP contribution in [0.3, 0.4) is 0 Å². The van der Waals surface area contributed by atoms with Crippen LogP contribution in [0.4, 0.5) is 5.69 Å². The molecule has 1 amide bonds. The smallest absolute Gasteiger partial charge is 0.307 e. The zero-order valence-electron chi connectivity index (χ0n) is 11.7. The van der Waals surface area contributed by atoms with Gasteiger partial charge in [-0.1, -0.05) is 13.8 Å². The molecule has 0 radical (unpaired) electrons. The first-order valence-corrected chi connectivity index (χ1v) is 5.96. The molecule has 0 aromatic carbocycles. The highest BCUT2D eigenvalue weighted by Crippen LogP contribution is 2.14. The first-order valence-electron chi connectivity index (χ1n) is 5.96. The van der Waals surface area contributed by atoms with Crippen LogP contribution < -0.4 is 11.1 Å². The Labute approximate surface area is 123 Å². The molecule has 20 heavy (non-hydrogen) atoms. The van der Waals surface area contributed by atoms with E-state index >= 15 is 0 Å². The van der Waals surface area contributed by atoms with E-state index in [4.69, 9.17) is 5.73 Å². The van der Waals surface area contributed by atoms with Gasteiger partial charge in [-0.3, -0.25) is 19.6 Å². The van der Waals surface area contributed by atoms with E-state index in [1.807, 2.05) is 20.8 Å². The van der Waals surface area contributed by atoms with E-state index in [1.165, 1.54) is 10.9 Å². The Kier molecular flexibility index (Phi) is 6.60. The molecule has 0 spiro atoms. The molecule has 1 unspecified atom stereocenters. The molecule has 1 atom stereocenters. The van der Waals surface area contributed by atoms with Crippen LogP contribution in [0.1, 0.15) is 20.8 Å². The van der Waals surface area contributed by atoms with Gasteiger partial charge in [-0.15, -0.1) is 12.4 Å². The first kappa shape index (κ1) is 18.3. The lowest BCUT2D eigenvalue weighted by Gasteiger charge is -2.33. The summed E-state index contributed by atoms with van der Waals surface area (Å²) in [7, 11) is 0. The van der Waals surface area contributed by atoms with Crippen molar-refractivity contribution in [2.24, 2.45) is 11.7 Å². The molecule has 0 bridgehead atoms. The van der Waals surface area contributed by atoms with Crippen molar-refractivity contribution in [2.45, 2.75) is 32.9 Å². The molecule has 1 heterocycles. The number of halogens is 1. The topological polar surface area (TPSA) is 116 Å². The maximum absolute atomic E-state index is 11.9. The molecular weight excluding hydrogens is 286 g/mol. The summed E-state index contributed by atoms with van der Waals surface area (Å²) in [5.74, 6) is -0.104. The Morgan fingerprint density at radius 3 is 2.65 bits per heavy atom. The second-order valence-corrected chi connectivity index (χ2v) is 4.98. The SMILES string of the molecule is CC(C)C(C)(CN)NC(=O)Cn1cc([N+](=O)[O-])cn1.Cl. The number of aromatic nitrogens is 2. The van der Waals surface area contributed by atoms with Gasteiger partial charge in [0, 0.05) is 6.54 Å². The number of nitrogens with zero attached hydrogens (tertiary/aromatic N) is 3. The van der Waals surface area contributed by atoms with Crippen molar-refractivity contribution in [3.8, 4) is 0 Å². The van der Waals surface area contributed by atoms with Gasteiger partial charge >= 0.3 is 5.69 Å². The average molecular weight is 306 g/mol. The summed E-state index contributed by atoms with van der Waals surface area (Å²) in [5.41, 5.74) is 5.02. The molecule has 1 rings (SSSR count). The van der Waals surface area contributed by atoms with Gasteiger partial charge in [0.1, 0.15) is 18.9 Å². The predicted octanol–water partition coefficient (Wildman–Crippen LogP) is 0.703. The normalized spacial score (nSPS) is 13.4. The Morgan fingerprint density at radius 2 is 2.25 bits per heavy atom. The maximum Gasteiger partial charge on any atom is 0.307 e. The van der Waals surface area contributed by atoms with E-state index < -0.39 is 10.5 Å². The van der Waals surface area contributed by atoms with E-state index in [9.17, 15) is 14.9 Å². The van der Waals surface area contributed by atoms with E-state index in [0.29, 0.717) is 6.54 Å². The zero-order valence-corrected chi connectivity index (χ0v) is 12.5. The quantitative estimate of drug-likeness (QED) is 0.593. The van der Waals surface area contributed by atoms with E-state index in [-0.39, 0.29) is 36.5 Å². The third-order valence-corrected chi connectivity index (χ3v) is 3.26. The number of hydrogen-bond donors (Lipinski definition) is 2. The molecule has 9 heteroatoms. The van der Waals surface area contributed by atoms with Gasteiger partial charge in [0.15, 0.2) is 0 Å². The summed E-state index contributed by atoms with van der Waals surface area (Å²) in [6.07, 6.45) is 2.33. The zero-order chi connectivity index (χ0) is 14.6. The molecule has 3 N–H and O–H groups in total. The molecule has 0 saturated carbocycles. The fourth-order valence-electron chi connectivity index (χ4n) is 1.47. The van der Waals surface area contributed by atoms with Crippen LogP contribution in [0.15, 0.2) is 12.4 Å². The average Bonchev–Trinajstić information content (AvgIpc) is 2.76. The van der Waals surface area contributed by atoms with Crippen LogP contribution in [-0.4, -0.2) is 32.7 Å². The van der Waals surface area contributed by atoms with E-state index in [1.54, 1.807) is 0 Å². The highest BCUT2D eigenvalue weighted by molar-refractivity contribution is 5.85. The fraction of sp³-hybridized carbons (Fsp3) is 0.636. The summed E-state index contributed by atoms with van der Waals surface area (Å²) >= 11 is 0. The lowest BCUT2D eigenvalue weighted by molar-refractivity contribution is -0.385. The van der Waals surface area contributed by atoms with Gasteiger partial charge in [0.2, 0.25) is 5.91 Å². The molecule has 0 saturated heterocycles. The lowest BCUT2D eigenvalue weighted by atomic mass is 9.88. The highest BCUT2D eigenvalue weighted by atomic mass is 35.5. The number of amides is 1. The standard InChI is InChI=1S/C11H19N5O3.ClH/c1-8(2)11(3,7-12)14-10(17)6-15-5-9(4-13-15)16(18)19;/h4-5,8H,6-7,12H2,1-3H3,(H,14,17);1H. The second-order valence-electron chi connectivity index (χ2n) is 4.98. The number of nitro groups is 1. The largest absolute Gasteiger partial charge is 0.348 e. The van der Waals surface area contributed by atoms with E-state index in [0.717, 1.165) is 6.20 Å². The van der Waals surface area contributed by atoms with Crippen molar-refractivity contribution in [2.75, 3.05) is 6.54 Å². The van der Waals surface area contributed by atoms with Crippen molar-refractivity contribution >= 4 is 24.0 Å². The summed E-state index contributed by atoms with van der Waals surface area (Å²) in [4.78, 5) is 21.8. The van der Waals surface area contributed by atoms with Gasteiger partial charge in [-0.25, -0.2) is 0 Å². The van der Waals surface area contributed by atoms with Gasteiger partial charge in [-0.2, -0.15) is 5.10 Å². The minimum Gasteiger partial charge on any atom is -0.348 e. The molecule has 0 aliphatic heterocycles. The highest BCUT2D eigenvalue weighted by Gasteiger charge is 2.28. The molecule has 114 valence electrons. The molecule has 8 nitrogen and oxygen atoms in total. The monoisotopic (exact) mass is 305 g/mol. The minimum atomic E-state index is -0.556. The van der Waals surface area contributed by atoms with E-state index in [2.05, 4.69) is 10.4 Å². The van der Waals surface area contributed by atoms with Crippen molar-refractivity contribution in [3.05, 3.63) is 22.5 Å². The van der Waals surface area contributed by atoms with Gasteiger partial charge in [0.25, 0.3) is 0 Å².